The van der Waals surface area contributed by atoms with Crippen LogP contribution in [0.4, 0.5) is 0 Å². The summed E-state index contributed by atoms with van der Waals surface area (Å²) in [4.78, 5) is 0. The number of rotatable bonds is 6. The van der Waals surface area contributed by atoms with E-state index >= 15 is 0 Å². The third-order valence-corrected chi connectivity index (χ3v) is 8.44. The Morgan fingerprint density at radius 3 is 1.34 bits per heavy atom. The van der Waals surface area contributed by atoms with Gasteiger partial charge >= 0.3 is 30.2 Å². The molecule has 2 radical (unpaired) electrons. The standard InChI is InChI=1S/C21H23.C20H21.2CH3.2ClH.Si.Zr/c1-14(2)16-8-10-17(11-9-16)20-7-5-6-18-12-19(15(3)4)13-21(18)20;1-4-15-12-18-6-5-7-19(20(18)13-15)17-10-8-16(9-11-17)14(2)3;;;;;;/h5-15H,1-4H3;5-14H,4H2,1-3H3;2*1H3;2*1H;;/q4*-1;;;;. The van der Waals surface area contributed by atoms with Crippen molar-refractivity contribution in [2.45, 2.75) is 72.6 Å². The van der Waals surface area contributed by atoms with Gasteiger partial charge in [0.05, 0.1) is 0 Å². The van der Waals surface area contributed by atoms with Crippen LogP contribution in [0.5, 0.6) is 0 Å². The van der Waals surface area contributed by atoms with Crippen LogP contribution >= 0.6 is 24.8 Å². The molecule has 0 saturated carbocycles. The summed E-state index contributed by atoms with van der Waals surface area (Å²) in [7, 11) is 0. The summed E-state index contributed by atoms with van der Waals surface area (Å²) < 4.78 is 0. The first-order valence-electron chi connectivity index (χ1n) is 15.6. The van der Waals surface area contributed by atoms with Gasteiger partial charge in [-0.15, -0.1) is 93.9 Å². The molecule has 4 heteroatoms. The van der Waals surface area contributed by atoms with Crippen molar-refractivity contribution in [3.05, 3.63) is 146 Å². The minimum atomic E-state index is 0. The minimum absolute atomic E-state index is 0. The SMILES string of the molecule is CC(C)c1ccc(-c2cccc3[cH-]c(C(C)C)cc23)cc1.CCc1cc2c(-c3ccc(C(C)C)cc3)cccc2[cH-]1.Cl.Cl.[CH3-].[CH3-].[Si]=[Zr]. The quantitative estimate of drug-likeness (QED) is 0.117. The molecule has 0 bridgehead atoms. The second kappa shape index (κ2) is 21.0. The first kappa shape index (κ1) is 44.8. The van der Waals surface area contributed by atoms with Gasteiger partial charge in [0.15, 0.2) is 0 Å². The van der Waals surface area contributed by atoms with Crippen LogP contribution in [0.3, 0.4) is 0 Å². The van der Waals surface area contributed by atoms with Crippen LogP contribution in [-0.2, 0) is 29.8 Å². The summed E-state index contributed by atoms with van der Waals surface area (Å²) in [5.74, 6) is 1.75. The monoisotopic (exact) mass is 756 g/mol. The molecule has 250 valence electrons. The molecule has 0 heterocycles. The van der Waals surface area contributed by atoms with Crippen LogP contribution in [0.1, 0.15) is 88.5 Å². The molecule has 0 aliphatic carbocycles. The van der Waals surface area contributed by atoms with Crippen molar-refractivity contribution >= 4 is 53.2 Å². The topological polar surface area (TPSA) is 0 Å². The molecular formula is C43H52Cl2SiZr-4. The van der Waals surface area contributed by atoms with Crippen LogP contribution in [0, 0.1) is 14.9 Å². The zero-order chi connectivity index (χ0) is 31.1. The van der Waals surface area contributed by atoms with Gasteiger partial charge in [0.2, 0.25) is 0 Å². The van der Waals surface area contributed by atoms with E-state index in [2.05, 4.69) is 165 Å². The molecular weight excluding hydrogens is 707 g/mol. The number of hydrogen-bond donors (Lipinski definition) is 0. The summed E-state index contributed by atoms with van der Waals surface area (Å²) >= 11 is 1.36. The second-order valence-electron chi connectivity index (χ2n) is 12.3. The van der Waals surface area contributed by atoms with Crippen LogP contribution in [0.25, 0.3) is 43.8 Å². The molecule has 6 rings (SSSR count). The molecule has 47 heavy (non-hydrogen) atoms. The van der Waals surface area contributed by atoms with Crippen LogP contribution in [-0.4, -0.2) is 6.88 Å². The van der Waals surface area contributed by atoms with Crippen molar-refractivity contribution < 1.29 is 23.3 Å². The van der Waals surface area contributed by atoms with Gasteiger partial charge in [0.1, 0.15) is 0 Å². The first-order valence-corrected chi connectivity index (χ1v) is 19.8. The van der Waals surface area contributed by atoms with Crippen LogP contribution < -0.4 is 0 Å². The number of benzene rings is 4. The molecule has 0 amide bonds. The third-order valence-electron chi connectivity index (χ3n) is 8.44. The van der Waals surface area contributed by atoms with Gasteiger partial charge in [-0.05, 0) is 46.4 Å². The Balaban J connectivity index is 0.000000792. The van der Waals surface area contributed by atoms with E-state index in [1.54, 1.807) is 0 Å². The maximum atomic E-state index is 3.06. The summed E-state index contributed by atoms with van der Waals surface area (Å²) in [5, 5.41) is 5.46. The van der Waals surface area contributed by atoms with E-state index in [-0.39, 0.29) is 39.7 Å². The molecule has 0 unspecified atom stereocenters. The molecule has 0 aromatic heterocycles. The van der Waals surface area contributed by atoms with Crippen molar-refractivity contribution in [2.24, 2.45) is 0 Å². The summed E-state index contributed by atoms with van der Waals surface area (Å²) in [6, 6.07) is 40.6. The van der Waals surface area contributed by atoms with Crippen LogP contribution in [0.15, 0.2) is 109 Å². The Morgan fingerprint density at radius 1 is 0.553 bits per heavy atom. The molecule has 0 aliphatic rings. The van der Waals surface area contributed by atoms with Crippen molar-refractivity contribution in [3.8, 4) is 22.3 Å². The van der Waals surface area contributed by atoms with E-state index in [0.29, 0.717) is 17.8 Å². The maximum absolute atomic E-state index is 3.06. The zero-order valence-corrected chi connectivity index (χ0v) is 34.7. The molecule has 0 fully saturated rings. The Labute approximate surface area is 315 Å². The molecule has 0 N–H and O–H groups in total. The Bertz CT molecular complexity index is 1760. The van der Waals surface area contributed by atoms with E-state index < -0.39 is 0 Å². The van der Waals surface area contributed by atoms with Gasteiger partial charge in [-0.25, -0.2) is 0 Å². The van der Waals surface area contributed by atoms with Crippen molar-refractivity contribution in [1.82, 2.24) is 0 Å². The predicted molar refractivity (Wildman–Crippen MR) is 215 cm³/mol. The fourth-order valence-electron chi connectivity index (χ4n) is 5.69. The molecule has 0 atom stereocenters. The normalized spacial score (nSPS) is 10.1. The van der Waals surface area contributed by atoms with Crippen LogP contribution in [0.2, 0.25) is 0 Å². The molecule has 0 nitrogen and oxygen atoms in total. The first-order chi connectivity index (χ1) is 20.7. The van der Waals surface area contributed by atoms with E-state index in [1.807, 2.05) is 0 Å². The fourth-order valence-corrected chi connectivity index (χ4v) is 5.69. The van der Waals surface area contributed by atoms with Crippen molar-refractivity contribution in [3.63, 3.8) is 0 Å². The third kappa shape index (κ3) is 10.9. The van der Waals surface area contributed by atoms with E-state index in [0.717, 1.165) is 6.42 Å². The van der Waals surface area contributed by atoms with Crippen molar-refractivity contribution in [2.75, 3.05) is 0 Å². The van der Waals surface area contributed by atoms with Crippen molar-refractivity contribution in [1.29, 1.82) is 0 Å². The fraction of sp³-hybridized carbons (Fsp3) is 0.256. The van der Waals surface area contributed by atoms with Gasteiger partial charge in [-0.2, -0.15) is 12.1 Å². The predicted octanol–water partition coefficient (Wildman–Crippen LogP) is 13.7. The Morgan fingerprint density at radius 2 is 0.957 bits per heavy atom. The van der Waals surface area contributed by atoms with Gasteiger partial charge in [-0.1, -0.05) is 120 Å². The molecule has 0 saturated heterocycles. The molecule has 6 aromatic rings. The van der Waals surface area contributed by atoms with Gasteiger partial charge in [0, 0.05) is 0 Å². The van der Waals surface area contributed by atoms with E-state index in [4.69, 9.17) is 0 Å². The average molecular weight is 759 g/mol. The Hall–Kier alpha value is -2.22. The average Bonchev–Trinajstić information content (AvgIpc) is 3.67. The second-order valence-corrected chi connectivity index (χ2v) is 12.3. The molecule has 0 spiro atoms. The summed E-state index contributed by atoms with van der Waals surface area (Å²) in [6.45, 7) is 18.7. The number of hydrogen-bond acceptors (Lipinski definition) is 0. The number of halogens is 2. The number of aryl methyl sites for hydroxylation is 1. The number of fused-ring (bicyclic) bond motifs is 2. The van der Waals surface area contributed by atoms with Gasteiger partial charge in [0.25, 0.3) is 0 Å². The zero-order valence-electron chi connectivity index (χ0n) is 29.6. The summed E-state index contributed by atoms with van der Waals surface area (Å²) in [6.07, 6.45) is 1.10. The summed E-state index contributed by atoms with van der Waals surface area (Å²) in [5.41, 5.74) is 11.0. The Kier molecular flexibility index (Phi) is 20.0. The van der Waals surface area contributed by atoms with Gasteiger partial charge < -0.3 is 14.9 Å². The molecule has 0 aliphatic heterocycles. The van der Waals surface area contributed by atoms with E-state index in [9.17, 15) is 0 Å². The van der Waals surface area contributed by atoms with Gasteiger partial charge in [-0.3, -0.25) is 0 Å². The molecule has 6 aromatic carbocycles. The van der Waals surface area contributed by atoms with E-state index in [1.165, 1.54) is 89.4 Å².